The van der Waals surface area contributed by atoms with Gasteiger partial charge >= 0.3 is 12.1 Å². The van der Waals surface area contributed by atoms with Gasteiger partial charge in [0.05, 0.1) is 42.4 Å². The second-order valence-electron chi connectivity index (χ2n) is 7.54. The van der Waals surface area contributed by atoms with E-state index in [1.807, 2.05) is 0 Å². The van der Waals surface area contributed by atoms with Crippen LogP contribution in [0.5, 0.6) is 11.5 Å². The summed E-state index contributed by atoms with van der Waals surface area (Å²) in [6.07, 6.45) is -4.27. The molecular weight excluding hydrogens is 515 g/mol. The number of alkyl halides is 3. The van der Waals surface area contributed by atoms with Gasteiger partial charge in [0, 0.05) is 35.5 Å². The third-order valence-corrected chi connectivity index (χ3v) is 5.44. The summed E-state index contributed by atoms with van der Waals surface area (Å²) in [5, 5.41) is 21.0. The maximum atomic E-state index is 13.1. The first-order valence-electron chi connectivity index (χ1n) is 10.6. The van der Waals surface area contributed by atoms with Crippen molar-refractivity contribution in [3.8, 4) is 28.7 Å². The Labute approximate surface area is 214 Å². The van der Waals surface area contributed by atoms with Crippen LogP contribution in [0.4, 0.5) is 13.2 Å². The van der Waals surface area contributed by atoms with Crippen molar-refractivity contribution in [1.29, 1.82) is 5.26 Å². The van der Waals surface area contributed by atoms with Gasteiger partial charge in [-0.25, -0.2) is 0 Å². The number of ether oxygens (including phenoxy) is 2. The highest BCUT2D eigenvalue weighted by molar-refractivity contribution is 6.33. The van der Waals surface area contributed by atoms with Crippen LogP contribution in [0.2, 0.25) is 5.02 Å². The number of nitriles is 1. The number of aliphatic carboxylic acids is 1. The number of hydrogen-bond acceptors (Lipinski definition) is 6. The van der Waals surface area contributed by atoms with Gasteiger partial charge in [-0.2, -0.15) is 18.4 Å². The molecule has 0 atom stereocenters. The minimum absolute atomic E-state index is 0.0311. The number of para-hydroxylation sites is 1. The fourth-order valence-electron chi connectivity index (χ4n) is 3.34. The largest absolute Gasteiger partial charge is 0.496 e. The Morgan fingerprint density at radius 1 is 1.16 bits per heavy atom. The minimum atomic E-state index is -4.76. The molecule has 2 aromatic carbocycles. The highest BCUT2D eigenvalue weighted by Gasteiger charge is 2.33. The number of nitrogens with zero attached hydrogens (tertiary/aromatic N) is 2. The van der Waals surface area contributed by atoms with E-state index in [0.717, 1.165) is 6.20 Å². The van der Waals surface area contributed by atoms with E-state index in [-0.39, 0.29) is 52.6 Å². The molecule has 0 bridgehead atoms. The topological polar surface area (TPSA) is 122 Å². The number of hydrogen-bond donors (Lipinski definition) is 2. The Morgan fingerprint density at radius 3 is 2.54 bits per heavy atom. The van der Waals surface area contributed by atoms with Crippen LogP contribution in [0.3, 0.4) is 0 Å². The summed E-state index contributed by atoms with van der Waals surface area (Å²) in [6.45, 7) is -0.219. The zero-order valence-electron chi connectivity index (χ0n) is 19.2. The number of aromatic nitrogens is 1. The number of amides is 1. The molecular formula is C25H19ClF3N3O5. The van der Waals surface area contributed by atoms with Crippen LogP contribution in [0.15, 0.2) is 48.7 Å². The number of pyridine rings is 1. The van der Waals surface area contributed by atoms with E-state index in [1.54, 1.807) is 30.3 Å². The highest BCUT2D eigenvalue weighted by atomic mass is 35.5. The SMILES string of the molecule is COc1ccccc1CNC(=O)c1cc(-c2cnc(C(F)(F)F)cc2C#N)c(Cl)cc1OCCC(=O)O. The van der Waals surface area contributed by atoms with Crippen molar-refractivity contribution in [3.63, 3.8) is 0 Å². The van der Waals surface area contributed by atoms with E-state index in [9.17, 15) is 28.0 Å². The van der Waals surface area contributed by atoms with Gasteiger partial charge in [-0.05, 0) is 18.2 Å². The van der Waals surface area contributed by atoms with Crippen molar-refractivity contribution in [1.82, 2.24) is 10.3 Å². The average Bonchev–Trinajstić information content (AvgIpc) is 2.86. The Bertz CT molecular complexity index is 1370. The Kier molecular flexibility index (Phi) is 8.57. The molecule has 1 amide bonds. The number of carbonyl (C=O) groups excluding carboxylic acids is 1. The van der Waals surface area contributed by atoms with Gasteiger partial charge in [0.25, 0.3) is 5.91 Å². The lowest BCUT2D eigenvalue weighted by Crippen LogP contribution is -2.24. The van der Waals surface area contributed by atoms with Crippen molar-refractivity contribution >= 4 is 23.5 Å². The van der Waals surface area contributed by atoms with Crippen molar-refractivity contribution in [3.05, 3.63) is 76.1 Å². The molecule has 0 unspecified atom stereocenters. The first-order chi connectivity index (χ1) is 17.5. The molecule has 8 nitrogen and oxygen atoms in total. The lowest BCUT2D eigenvalue weighted by molar-refractivity contribution is -0.141. The summed E-state index contributed by atoms with van der Waals surface area (Å²) >= 11 is 6.35. The van der Waals surface area contributed by atoms with E-state index >= 15 is 0 Å². The lowest BCUT2D eigenvalue weighted by atomic mass is 9.98. The molecule has 0 saturated carbocycles. The molecule has 1 aromatic heterocycles. The summed E-state index contributed by atoms with van der Waals surface area (Å²) < 4.78 is 50.0. The van der Waals surface area contributed by atoms with Gasteiger partial charge in [-0.1, -0.05) is 29.8 Å². The van der Waals surface area contributed by atoms with Gasteiger partial charge in [-0.15, -0.1) is 0 Å². The summed E-state index contributed by atoms with van der Waals surface area (Å²) in [7, 11) is 1.48. The molecule has 1 heterocycles. The molecule has 0 spiro atoms. The molecule has 192 valence electrons. The normalized spacial score (nSPS) is 10.9. The smallest absolute Gasteiger partial charge is 0.433 e. The van der Waals surface area contributed by atoms with E-state index in [1.165, 1.54) is 19.2 Å². The van der Waals surface area contributed by atoms with E-state index < -0.39 is 23.7 Å². The molecule has 0 aliphatic carbocycles. The molecule has 0 saturated heterocycles. The average molecular weight is 534 g/mol. The van der Waals surface area contributed by atoms with Gasteiger partial charge in [-0.3, -0.25) is 14.6 Å². The second-order valence-corrected chi connectivity index (χ2v) is 7.95. The van der Waals surface area contributed by atoms with Gasteiger partial charge < -0.3 is 19.9 Å². The third-order valence-electron chi connectivity index (χ3n) is 5.12. The summed E-state index contributed by atoms with van der Waals surface area (Å²) in [4.78, 5) is 27.4. The quantitative estimate of drug-likeness (QED) is 0.393. The maximum absolute atomic E-state index is 13.1. The fraction of sp³-hybridized carbons (Fsp3) is 0.200. The number of carbonyl (C=O) groups is 2. The predicted molar refractivity (Wildman–Crippen MR) is 126 cm³/mol. The molecule has 12 heteroatoms. The van der Waals surface area contributed by atoms with Crippen molar-refractivity contribution < 1.29 is 37.3 Å². The molecule has 2 N–H and O–H groups in total. The molecule has 3 aromatic rings. The summed E-state index contributed by atoms with van der Waals surface area (Å²) in [5.74, 6) is -1.29. The predicted octanol–water partition coefficient (Wildman–Crippen LogP) is 5.08. The second kappa shape index (κ2) is 11.6. The number of halogens is 4. The van der Waals surface area contributed by atoms with Crippen LogP contribution in [0.1, 0.15) is 33.6 Å². The number of nitrogens with one attached hydrogen (secondary N) is 1. The first kappa shape index (κ1) is 27.3. The molecule has 3 rings (SSSR count). The molecule has 0 aliphatic rings. The fourth-order valence-corrected chi connectivity index (χ4v) is 3.60. The van der Waals surface area contributed by atoms with Crippen LogP contribution in [0, 0.1) is 11.3 Å². The van der Waals surface area contributed by atoms with Crippen LogP contribution in [-0.4, -0.2) is 35.7 Å². The lowest BCUT2D eigenvalue weighted by Gasteiger charge is -2.16. The van der Waals surface area contributed by atoms with Crippen LogP contribution in [0.25, 0.3) is 11.1 Å². The van der Waals surface area contributed by atoms with Gasteiger partial charge in [0.1, 0.15) is 17.2 Å². The zero-order chi connectivity index (χ0) is 27.2. The Hall–Kier alpha value is -4.30. The van der Waals surface area contributed by atoms with Crippen LogP contribution in [-0.2, 0) is 17.5 Å². The molecule has 0 radical (unpaired) electrons. The summed E-state index contributed by atoms with van der Waals surface area (Å²) in [6, 6.07) is 11.7. The standard InChI is InChI=1S/C25H19ClF3N3O5/c1-36-20-5-3-2-4-14(20)12-32-24(35)17-9-16(19(26)10-21(17)37-7-6-23(33)34)18-13-31-22(25(27,28)29)8-15(18)11-30/h2-5,8-10,13H,6-7,12H2,1H3,(H,32,35)(H,33,34). The molecule has 0 fully saturated rings. The minimum Gasteiger partial charge on any atom is -0.496 e. The Balaban J connectivity index is 2.03. The number of carboxylic acids is 1. The molecule has 0 aliphatic heterocycles. The van der Waals surface area contributed by atoms with E-state index in [0.29, 0.717) is 17.4 Å². The third kappa shape index (κ3) is 6.68. The van der Waals surface area contributed by atoms with Gasteiger partial charge in [0.15, 0.2) is 0 Å². The number of carboxylic acid groups (broad SMARTS) is 1. The zero-order valence-corrected chi connectivity index (χ0v) is 20.0. The summed E-state index contributed by atoms with van der Waals surface area (Å²) in [5.41, 5.74) is -0.997. The van der Waals surface area contributed by atoms with Crippen molar-refractivity contribution in [2.75, 3.05) is 13.7 Å². The van der Waals surface area contributed by atoms with Crippen LogP contribution < -0.4 is 14.8 Å². The monoisotopic (exact) mass is 533 g/mol. The van der Waals surface area contributed by atoms with Crippen molar-refractivity contribution in [2.24, 2.45) is 0 Å². The van der Waals surface area contributed by atoms with Crippen LogP contribution >= 0.6 is 11.6 Å². The number of rotatable bonds is 9. The first-order valence-corrected chi connectivity index (χ1v) is 11.0. The highest BCUT2D eigenvalue weighted by Crippen LogP contribution is 2.37. The van der Waals surface area contributed by atoms with E-state index in [4.69, 9.17) is 26.2 Å². The number of benzene rings is 2. The number of methoxy groups -OCH3 is 1. The van der Waals surface area contributed by atoms with Crippen molar-refractivity contribution in [2.45, 2.75) is 19.1 Å². The molecule has 37 heavy (non-hydrogen) atoms. The maximum Gasteiger partial charge on any atom is 0.433 e. The van der Waals surface area contributed by atoms with Gasteiger partial charge in [0.2, 0.25) is 0 Å². The Morgan fingerprint density at radius 2 is 1.89 bits per heavy atom. The van der Waals surface area contributed by atoms with E-state index in [2.05, 4.69) is 10.3 Å².